The highest BCUT2D eigenvalue weighted by molar-refractivity contribution is 9.10. The molecule has 0 radical (unpaired) electrons. The number of hydrogen-bond acceptors (Lipinski definition) is 4. The molecule has 122 valence electrons. The van der Waals surface area contributed by atoms with Crippen LogP contribution in [0.4, 0.5) is 0 Å². The minimum atomic E-state index is 0.265. The Morgan fingerprint density at radius 3 is 3.00 bits per heavy atom. The topological polar surface area (TPSA) is 68.0 Å². The first-order valence-corrected chi connectivity index (χ1v) is 8.10. The maximum atomic E-state index is 5.42. The molecule has 2 N–H and O–H groups in total. The van der Waals surface area contributed by atoms with E-state index in [4.69, 9.17) is 13.9 Å². The number of guanidine groups is 1. The Balaban J connectivity index is 1.51. The summed E-state index contributed by atoms with van der Waals surface area (Å²) in [5, 5.41) is 6.53. The largest absolute Gasteiger partial charge is 0.469 e. The van der Waals surface area contributed by atoms with Crippen LogP contribution in [0.3, 0.4) is 0 Å². The molecule has 2 heterocycles. The SMILES string of the molecule is CN=C(NCCc1ccco1)NCc1cc(Br)c2c(c1)OCO2. The number of ether oxygens (including phenoxy) is 2. The van der Waals surface area contributed by atoms with Gasteiger partial charge in [0.15, 0.2) is 17.5 Å². The summed E-state index contributed by atoms with van der Waals surface area (Å²) in [6, 6.07) is 7.83. The van der Waals surface area contributed by atoms with E-state index in [2.05, 4.69) is 31.6 Å². The van der Waals surface area contributed by atoms with Gasteiger partial charge in [-0.25, -0.2) is 0 Å². The number of furan rings is 1. The molecular weight excluding hydrogens is 362 g/mol. The van der Waals surface area contributed by atoms with Gasteiger partial charge in [-0.2, -0.15) is 0 Å². The lowest BCUT2D eigenvalue weighted by Gasteiger charge is -2.12. The molecule has 0 unspecified atom stereocenters. The lowest BCUT2D eigenvalue weighted by molar-refractivity contribution is 0.173. The molecule has 0 atom stereocenters. The van der Waals surface area contributed by atoms with Crippen molar-refractivity contribution in [2.45, 2.75) is 13.0 Å². The van der Waals surface area contributed by atoms with E-state index in [0.29, 0.717) is 6.54 Å². The molecular formula is C16H18BrN3O3. The Kier molecular flexibility index (Phi) is 5.07. The van der Waals surface area contributed by atoms with Gasteiger partial charge >= 0.3 is 0 Å². The van der Waals surface area contributed by atoms with E-state index in [-0.39, 0.29) is 6.79 Å². The average Bonchev–Trinajstić information content (AvgIpc) is 3.22. The third kappa shape index (κ3) is 3.98. The highest BCUT2D eigenvalue weighted by Gasteiger charge is 2.17. The second-order valence-corrected chi connectivity index (χ2v) is 5.85. The van der Waals surface area contributed by atoms with Crippen molar-refractivity contribution in [3.63, 3.8) is 0 Å². The minimum absolute atomic E-state index is 0.265. The zero-order chi connectivity index (χ0) is 16.1. The average molecular weight is 380 g/mol. The monoisotopic (exact) mass is 379 g/mol. The molecule has 0 amide bonds. The molecule has 6 nitrogen and oxygen atoms in total. The van der Waals surface area contributed by atoms with Crippen molar-refractivity contribution in [2.24, 2.45) is 4.99 Å². The van der Waals surface area contributed by atoms with E-state index < -0.39 is 0 Å². The van der Waals surface area contributed by atoms with Crippen molar-refractivity contribution in [3.05, 3.63) is 46.3 Å². The van der Waals surface area contributed by atoms with E-state index in [9.17, 15) is 0 Å². The van der Waals surface area contributed by atoms with Crippen molar-refractivity contribution in [1.82, 2.24) is 10.6 Å². The van der Waals surface area contributed by atoms with Crippen molar-refractivity contribution in [1.29, 1.82) is 0 Å². The number of rotatable bonds is 5. The Hall–Kier alpha value is -2.15. The van der Waals surface area contributed by atoms with Crippen LogP contribution in [0.2, 0.25) is 0 Å². The van der Waals surface area contributed by atoms with Crippen LogP contribution in [0.5, 0.6) is 11.5 Å². The second kappa shape index (κ2) is 7.41. The van der Waals surface area contributed by atoms with E-state index in [1.807, 2.05) is 24.3 Å². The summed E-state index contributed by atoms with van der Waals surface area (Å²) in [5.74, 6) is 3.21. The van der Waals surface area contributed by atoms with Crippen molar-refractivity contribution < 1.29 is 13.9 Å². The summed E-state index contributed by atoms with van der Waals surface area (Å²) in [7, 11) is 1.75. The van der Waals surface area contributed by atoms with Crippen LogP contribution in [0, 0.1) is 0 Å². The zero-order valence-electron chi connectivity index (χ0n) is 12.8. The van der Waals surface area contributed by atoms with Gasteiger partial charge in [0.1, 0.15) is 5.76 Å². The zero-order valence-corrected chi connectivity index (χ0v) is 14.4. The number of aliphatic imine (C=N–C) groups is 1. The van der Waals surface area contributed by atoms with Gasteiger partial charge in [0, 0.05) is 26.6 Å². The van der Waals surface area contributed by atoms with Crippen LogP contribution >= 0.6 is 15.9 Å². The first kappa shape index (κ1) is 15.7. The Labute approximate surface area is 143 Å². The van der Waals surface area contributed by atoms with Gasteiger partial charge in [-0.3, -0.25) is 4.99 Å². The summed E-state index contributed by atoms with van der Waals surface area (Å²) in [6.07, 6.45) is 2.49. The lowest BCUT2D eigenvalue weighted by atomic mass is 10.2. The van der Waals surface area contributed by atoms with E-state index in [1.54, 1.807) is 13.3 Å². The van der Waals surface area contributed by atoms with Crippen LogP contribution in [0.25, 0.3) is 0 Å². The maximum absolute atomic E-state index is 5.42. The van der Waals surface area contributed by atoms with Gasteiger partial charge in [-0.05, 0) is 45.8 Å². The van der Waals surface area contributed by atoms with Crippen molar-refractivity contribution in [2.75, 3.05) is 20.4 Å². The van der Waals surface area contributed by atoms with E-state index in [1.165, 1.54) is 0 Å². The molecule has 0 saturated carbocycles. The third-order valence-corrected chi connectivity index (χ3v) is 4.00. The first-order valence-electron chi connectivity index (χ1n) is 7.31. The number of halogens is 1. The molecule has 1 aliphatic heterocycles. The van der Waals surface area contributed by atoms with Gasteiger partial charge in [0.2, 0.25) is 6.79 Å². The quantitative estimate of drug-likeness (QED) is 0.617. The van der Waals surface area contributed by atoms with Crippen molar-refractivity contribution in [3.8, 4) is 11.5 Å². The van der Waals surface area contributed by atoms with Crippen LogP contribution < -0.4 is 20.1 Å². The Morgan fingerprint density at radius 1 is 1.30 bits per heavy atom. The van der Waals surface area contributed by atoms with Crippen LogP contribution in [-0.2, 0) is 13.0 Å². The number of nitrogens with zero attached hydrogens (tertiary/aromatic N) is 1. The highest BCUT2D eigenvalue weighted by Crippen LogP contribution is 2.39. The maximum Gasteiger partial charge on any atom is 0.231 e. The Morgan fingerprint density at radius 2 is 2.22 bits per heavy atom. The van der Waals surface area contributed by atoms with Gasteiger partial charge in [0.25, 0.3) is 0 Å². The molecule has 7 heteroatoms. The van der Waals surface area contributed by atoms with E-state index >= 15 is 0 Å². The molecule has 0 aliphatic carbocycles. The minimum Gasteiger partial charge on any atom is -0.469 e. The molecule has 23 heavy (non-hydrogen) atoms. The standard InChI is InChI=1S/C16H18BrN3O3/c1-18-16(19-5-4-12-3-2-6-21-12)20-9-11-7-13(17)15-14(8-11)22-10-23-15/h2-3,6-8H,4-5,9-10H2,1H3,(H2,18,19,20). The lowest BCUT2D eigenvalue weighted by Crippen LogP contribution is -2.37. The van der Waals surface area contributed by atoms with Crippen LogP contribution in [0.15, 0.2) is 44.4 Å². The van der Waals surface area contributed by atoms with Crippen molar-refractivity contribution >= 4 is 21.9 Å². The smallest absolute Gasteiger partial charge is 0.231 e. The predicted octanol–water partition coefficient (Wildman–Crippen LogP) is 2.68. The number of benzene rings is 1. The molecule has 1 aromatic carbocycles. The number of hydrogen-bond donors (Lipinski definition) is 2. The first-order chi connectivity index (χ1) is 11.3. The number of fused-ring (bicyclic) bond motifs is 1. The fourth-order valence-electron chi connectivity index (χ4n) is 2.29. The fraction of sp³-hybridized carbons (Fsp3) is 0.312. The van der Waals surface area contributed by atoms with Gasteiger partial charge < -0.3 is 24.5 Å². The Bertz CT molecular complexity index is 686. The fourth-order valence-corrected chi connectivity index (χ4v) is 2.89. The highest BCUT2D eigenvalue weighted by atomic mass is 79.9. The summed E-state index contributed by atoms with van der Waals surface area (Å²) in [5.41, 5.74) is 1.08. The third-order valence-electron chi connectivity index (χ3n) is 3.41. The summed E-state index contributed by atoms with van der Waals surface area (Å²) in [4.78, 5) is 4.21. The molecule has 3 rings (SSSR count). The summed E-state index contributed by atoms with van der Waals surface area (Å²) in [6.45, 7) is 1.65. The van der Waals surface area contributed by atoms with Crippen LogP contribution in [-0.4, -0.2) is 26.3 Å². The second-order valence-electron chi connectivity index (χ2n) is 4.99. The molecule has 0 spiro atoms. The molecule has 0 bridgehead atoms. The summed E-state index contributed by atoms with van der Waals surface area (Å²) >= 11 is 3.50. The van der Waals surface area contributed by atoms with Crippen LogP contribution in [0.1, 0.15) is 11.3 Å². The molecule has 1 aromatic heterocycles. The summed E-state index contributed by atoms with van der Waals surface area (Å²) < 4.78 is 17.0. The molecule has 0 saturated heterocycles. The van der Waals surface area contributed by atoms with Gasteiger partial charge in [-0.15, -0.1) is 0 Å². The molecule has 0 fully saturated rings. The predicted molar refractivity (Wildman–Crippen MR) is 90.9 cm³/mol. The number of nitrogens with one attached hydrogen (secondary N) is 2. The molecule has 2 aromatic rings. The van der Waals surface area contributed by atoms with Gasteiger partial charge in [0.05, 0.1) is 10.7 Å². The normalized spacial score (nSPS) is 13.2. The van der Waals surface area contributed by atoms with Gasteiger partial charge in [-0.1, -0.05) is 0 Å². The van der Waals surface area contributed by atoms with E-state index in [0.717, 1.165) is 46.2 Å². The molecule has 1 aliphatic rings.